The van der Waals surface area contributed by atoms with Crippen molar-refractivity contribution in [2.75, 3.05) is 17.7 Å². The Bertz CT molecular complexity index is 544. The molecule has 0 aromatic heterocycles. The van der Waals surface area contributed by atoms with Crippen LogP contribution >= 0.6 is 0 Å². The summed E-state index contributed by atoms with van der Waals surface area (Å²) in [4.78, 5) is 11.9. The van der Waals surface area contributed by atoms with Gasteiger partial charge in [0.25, 0.3) is 0 Å². The molecule has 1 aliphatic rings. The molecule has 1 saturated carbocycles. The number of carbonyl (C=O) groups is 1. The van der Waals surface area contributed by atoms with Crippen molar-refractivity contribution in [2.45, 2.75) is 64.9 Å². The summed E-state index contributed by atoms with van der Waals surface area (Å²) in [5.74, 6) is 1.21. The fourth-order valence-corrected chi connectivity index (χ4v) is 2.90. The van der Waals surface area contributed by atoms with E-state index in [0.29, 0.717) is 29.6 Å². The molecule has 0 heterocycles. The topological polar surface area (TPSA) is 73.6 Å². The summed E-state index contributed by atoms with van der Waals surface area (Å²) >= 11 is 0. The maximum Gasteiger partial charge on any atom is 0.412 e. The zero-order valence-electron chi connectivity index (χ0n) is 15.1. The number of anilines is 2. The Hall–Kier alpha value is -1.91. The van der Waals surface area contributed by atoms with Gasteiger partial charge >= 0.3 is 6.09 Å². The Balaban J connectivity index is 1.93. The molecule has 24 heavy (non-hydrogen) atoms. The highest BCUT2D eigenvalue weighted by Gasteiger charge is 2.17. The molecule has 3 N–H and O–H groups in total. The minimum Gasteiger partial charge on any atom is -0.491 e. The fraction of sp³-hybridized carbons (Fsp3) is 0.632. The van der Waals surface area contributed by atoms with E-state index in [9.17, 15) is 4.79 Å². The van der Waals surface area contributed by atoms with Gasteiger partial charge < -0.3 is 15.2 Å². The third-order valence-corrected chi connectivity index (χ3v) is 4.11. The molecule has 5 nitrogen and oxygen atoms in total. The maximum atomic E-state index is 11.9. The second kappa shape index (κ2) is 8.27. The van der Waals surface area contributed by atoms with E-state index >= 15 is 0 Å². The molecule has 0 spiro atoms. The SMILES string of the molecule is CC(C)(C)OC(=O)Nc1ccc(N)c(OCC2CCCCCC2)c1. The van der Waals surface area contributed by atoms with Gasteiger partial charge in [-0.2, -0.15) is 0 Å². The number of nitrogens with one attached hydrogen (secondary N) is 1. The molecule has 1 fully saturated rings. The summed E-state index contributed by atoms with van der Waals surface area (Å²) in [6.07, 6.45) is 7.17. The average molecular weight is 334 g/mol. The molecule has 2 rings (SSSR count). The lowest BCUT2D eigenvalue weighted by atomic mass is 10.0. The van der Waals surface area contributed by atoms with Gasteiger partial charge in [-0.15, -0.1) is 0 Å². The van der Waals surface area contributed by atoms with Gasteiger partial charge in [0.15, 0.2) is 0 Å². The van der Waals surface area contributed by atoms with Crippen molar-refractivity contribution in [2.24, 2.45) is 5.92 Å². The summed E-state index contributed by atoms with van der Waals surface area (Å²) in [7, 11) is 0. The normalized spacial score (nSPS) is 16.3. The number of rotatable bonds is 4. The zero-order chi connectivity index (χ0) is 17.6. The van der Waals surface area contributed by atoms with Crippen molar-refractivity contribution < 1.29 is 14.3 Å². The van der Waals surface area contributed by atoms with Crippen LogP contribution in [0.5, 0.6) is 5.75 Å². The molecule has 0 radical (unpaired) electrons. The first-order valence-corrected chi connectivity index (χ1v) is 8.86. The van der Waals surface area contributed by atoms with Gasteiger partial charge in [-0.05, 0) is 51.7 Å². The number of nitrogen functional groups attached to an aromatic ring is 1. The third kappa shape index (κ3) is 6.30. The molecule has 0 bridgehead atoms. The lowest BCUT2D eigenvalue weighted by molar-refractivity contribution is 0.0636. The highest BCUT2D eigenvalue weighted by molar-refractivity contribution is 5.85. The first kappa shape index (κ1) is 18.4. The Morgan fingerprint density at radius 2 is 1.88 bits per heavy atom. The highest BCUT2D eigenvalue weighted by Crippen LogP contribution is 2.29. The molecule has 1 amide bonds. The van der Waals surface area contributed by atoms with Gasteiger partial charge in [0, 0.05) is 11.8 Å². The van der Waals surface area contributed by atoms with Gasteiger partial charge in [0.2, 0.25) is 0 Å². The molecule has 134 valence electrons. The van der Waals surface area contributed by atoms with Crippen molar-refractivity contribution in [1.29, 1.82) is 0 Å². The number of nitrogens with two attached hydrogens (primary N) is 1. The number of carbonyl (C=O) groups excluding carboxylic acids is 1. The quantitative estimate of drug-likeness (QED) is 0.602. The Kier molecular flexibility index (Phi) is 6.35. The first-order valence-electron chi connectivity index (χ1n) is 8.86. The molecule has 0 aliphatic heterocycles. The van der Waals surface area contributed by atoms with Gasteiger partial charge in [-0.3, -0.25) is 5.32 Å². The molecule has 0 unspecified atom stereocenters. The Morgan fingerprint density at radius 3 is 2.50 bits per heavy atom. The van der Waals surface area contributed by atoms with Gasteiger partial charge in [0.05, 0.1) is 12.3 Å². The van der Waals surface area contributed by atoms with Crippen molar-refractivity contribution in [3.8, 4) is 5.75 Å². The van der Waals surface area contributed by atoms with Crippen LogP contribution in [-0.4, -0.2) is 18.3 Å². The lowest BCUT2D eigenvalue weighted by Gasteiger charge is -2.20. The molecule has 0 saturated heterocycles. The first-order chi connectivity index (χ1) is 11.3. The van der Waals surface area contributed by atoms with Crippen LogP contribution in [0.25, 0.3) is 0 Å². The van der Waals surface area contributed by atoms with Gasteiger partial charge in [-0.25, -0.2) is 4.79 Å². The van der Waals surface area contributed by atoms with Crippen molar-refractivity contribution in [3.05, 3.63) is 18.2 Å². The summed E-state index contributed by atoms with van der Waals surface area (Å²) in [5, 5.41) is 2.72. The second-order valence-electron chi connectivity index (χ2n) is 7.55. The third-order valence-electron chi connectivity index (χ3n) is 4.11. The monoisotopic (exact) mass is 334 g/mol. The fourth-order valence-electron chi connectivity index (χ4n) is 2.90. The predicted octanol–water partition coefficient (Wildman–Crippen LogP) is 4.97. The number of ether oxygens (including phenoxy) is 2. The smallest absolute Gasteiger partial charge is 0.412 e. The van der Waals surface area contributed by atoms with Crippen LogP contribution < -0.4 is 15.8 Å². The van der Waals surface area contributed by atoms with Crippen LogP contribution in [0.4, 0.5) is 16.2 Å². The molecular formula is C19H30N2O3. The highest BCUT2D eigenvalue weighted by atomic mass is 16.6. The number of amides is 1. The summed E-state index contributed by atoms with van der Waals surface area (Å²) in [6.45, 7) is 6.17. The largest absolute Gasteiger partial charge is 0.491 e. The number of hydrogen-bond acceptors (Lipinski definition) is 4. The Labute approximate surface area is 144 Å². The molecule has 5 heteroatoms. The Morgan fingerprint density at radius 1 is 1.21 bits per heavy atom. The van der Waals surface area contributed by atoms with Crippen molar-refractivity contribution >= 4 is 17.5 Å². The molecule has 1 aliphatic carbocycles. The van der Waals surface area contributed by atoms with E-state index in [1.807, 2.05) is 20.8 Å². The second-order valence-corrected chi connectivity index (χ2v) is 7.55. The van der Waals surface area contributed by atoms with E-state index in [4.69, 9.17) is 15.2 Å². The van der Waals surface area contributed by atoms with Crippen molar-refractivity contribution in [1.82, 2.24) is 0 Å². The lowest BCUT2D eigenvalue weighted by Crippen LogP contribution is -2.27. The zero-order valence-corrected chi connectivity index (χ0v) is 15.1. The van der Waals surface area contributed by atoms with E-state index in [0.717, 1.165) is 0 Å². The van der Waals surface area contributed by atoms with Crippen LogP contribution in [0.2, 0.25) is 0 Å². The van der Waals surface area contributed by atoms with E-state index in [1.165, 1.54) is 38.5 Å². The number of hydrogen-bond donors (Lipinski definition) is 2. The van der Waals surface area contributed by atoms with Crippen LogP contribution in [0.3, 0.4) is 0 Å². The molecule has 0 atom stereocenters. The summed E-state index contributed by atoms with van der Waals surface area (Å²) in [5.41, 5.74) is 6.67. The summed E-state index contributed by atoms with van der Waals surface area (Å²) in [6, 6.07) is 5.25. The van der Waals surface area contributed by atoms with Crippen LogP contribution in [0, 0.1) is 5.92 Å². The van der Waals surface area contributed by atoms with E-state index in [1.54, 1.807) is 18.2 Å². The van der Waals surface area contributed by atoms with Gasteiger partial charge in [-0.1, -0.05) is 25.7 Å². The van der Waals surface area contributed by atoms with Crippen LogP contribution in [0.15, 0.2) is 18.2 Å². The molecule has 1 aromatic carbocycles. The minimum atomic E-state index is -0.531. The number of benzene rings is 1. The average Bonchev–Trinajstić information content (AvgIpc) is 2.74. The standard InChI is InChI=1S/C19H30N2O3/c1-19(2,3)24-18(22)21-15-10-11-16(20)17(12-15)23-13-14-8-6-4-5-7-9-14/h10-12,14H,4-9,13,20H2,1-3H3,(H,21,22). The molecule has 1 aromatic rings. The minimum absolute atomic E-state index is 0.484. The van der Waals surface area contributed by atoms with Crippen molar-refractivity contribution in [3.63, 3.8) is 0 Å². The van der Waals surface area contributed by atoms with E-state index in [-0.39, 0.29) is 0 Å². The predicted molar refractivity (Wildman–Crippen MR) is 97.4 cm³/mol. The van der Waals surface area contributed by atoms with Crippen LogP contribution in [-0.2, 0) is 4.74 Å². The van der Waals surface area contributed by atoms with Gasteiger partial charge in [0.1, 0.15) is 11.4 Å². The maximum absolute atomic E-state index is 11.9. The van der Waals surface area contributed by atoms with E-state index < -0.39 is 11.7 Å². The van der Waals surface area contributed by atoms with E-state index in [2.05, 4.69) is 5.32 Å². The summed E-state index contributed by atoms with van der Waals surface area (Å²) < 4.78 is 11.2. The van der Waals surface area contributed by atoms with Crippen LogP contribution in [0.1, 0.15) is 59.3 Å². The molecular weight excluding hydrogens is 304 g/mol.